The van der Waals surface area contributed by atoms with Crippen molar-refractivity contribution in [1.29, 1.82) is 0 Å². The minimum atomic E-state index is -0.0556. The van der Waals surface area contributed by atoms with Gasteiger partial charge in [-0.05, 0) is 17.7 Å². The van der Waals surface area contributed by atoms with E-state index in [-0.39, 0.29) is 5.56 Å². The summed E-state index contributed by atoms with van der Waals surface area (Å²) in [6.07, 6.45) is 3.01. The number of halogens is 1. The molecule has 0 spiro atoms. The molecule has 0 aliphatic carbocycles. The van der Waals surface area contributed by atoms with Gasteiger partial charge < -0.3 is 0 Å². The van der Waals surface area contributed by atoms with E-state index < -0.39 is 0 Å². The monoisotopic (exact) mass is 220 g/mol. The van der Waals surface area contributed by atoms with Crippen molar-refractivity contribution in [3.8, 4) is 0 Å². The van der Waals surface area contributed by atoms with Crippen LogP contribution in [0.1, 0.15) is 5.56 Å². The molecule has 1 aromatic heterocycles. The van der Waals surface area contributed by atoms with Crippen molar-refractivity contribution in [2.24, 2.45) is 0 Å². The quantitative estimate of drug-likeness (QED) is 0.776. The molecule has 0 bridgehead atoms. The Balaban J connectivity index is 2.26. The van der Waals surface area contributed by atoms with Crippen LogP contribution in [0.15, 0.2) is 47.7 Å². The molecule has 0 amide bonds. The summed E-state index contributed by atoms with van der Waals surface area (Å²) < 4.78 is 1.54. The Hall–Kier alpha value is -1.61. The zero-order chi connectivity index (χ0) is 10.7. The second-order valence-corrected chi connectivity index (χ2v) is 3.61. The number of benzene rings is 1. The normalized spacial score (nSPS) is 10.2. The maximum absolute atomic E-state index is 11.4. The van der Waals surface area contributed by atoms with Crippen LogP contribution in [0.5, 0.6) is 0 Å². The van der Waals surface area contributed by atoms with Gasteiger partial charge in [-0.2, -0.15) is 0 Å². The van der Waals surface area contributed by atoms with E-state index in [1.807, 2.05) is 12.1 Å². The van der Waals surface area contributed by atoms with Crippen LogP contribution in [0.3, 0.4) is 0 Å². The number of aromatic nitrogens is 2. The van der Waals surface area contributed by atoms with E-state index >= 15 is 0 Å². The molecule has 2 aromatic rings. The second-order valence-electron chi connectivity index (χ2n) is 3.17. The van der Waals surface area contributed by atoms with Crippen molar-refractivity contribution in [2.75, 3.05) is 0 Å². The van der Waals surface area contributed by atoms with Gasteiger partial charge in [-0.3, -0.25) is 9.36 Å². The first-order chi connectivity index (χ1) is 7.25. The smallest absolute Gasteiger partial charge is 0.253 e. The highest BCUT2D eigenvalue weighted by molar-refractivity contribution is 6.30. The van der Waals surface area contributed by atoms with Gasteiger partial charge in [0, 0.05) is 17.3 Å². The van der Waals surface area contributed by atoms with Crippen LogP contribution in [0.25, 0.3) is 0 Å². The van der Waals surface area contributed by atoms with Crippen LogP contribution in [0.2, 0.25) is 5.02 Å². The van der Waals surface area contributed by atoms with Gasteiger partial charge in [-0.1, -0.05) is 23.7 Å². The second kappa shape index (κ2) is 4.28. The third kappa shape index (κ3) is 2.44. The van der Waals surface area contributed by atoms with Crippen molar-refractivity contribution in [3.63, 3.8) is 0 Å². The molecule has 0 atom stereocenters. The van der Waals surface area contributed by atoms with Crippen LogP contribution in [-0.4, -0.2) is 9.55 Å². The molecule has 1 aromatic carbocycles. The SMILES string of the molecule is O=c1ccncn1Cc1ccc(Cl)cc1. The van der Waals surface area contributed by atoms with Gasteiger partial charge in [0.1, 0.15) is 0 Å². The molecule has 3 nitrogen and oxygen atoms in total. The summed E-state index contributed by atoms with van der Waals surface area (Å²) >= 11 is 5.77. The van der Waals surface area contributed by atoms with Gasteiger partial charge in [0.25, 0.3) is 5.56 Å². The summed E-state index contributed by atoms with van der Waals surface area (Å²) in [6, 6.07) is 8.83. The Labute approximate surface area is 92.0 Å². The largest absolute Gasteiger partial charge is 0.295 e. The summed E-state index contributed by atoms with van der Waals surface area (Å²) in [5.41, 5.74) is 0.967. The Morgan fingerprint density at radius 3 is 2.60 bits per heavy atom. The molecular formula is C11H9ClN2O. The van der Waals surface area contributed by atoms with Gasteiger partial charge in [0.15, 0.2) is 0 Å². The molecule has 0 saturated carbocycles. The van der Waals surface area contributed by atoms with Crippen molar-refractivity contribution in [3.05, 3.63) is 63.8 Å². The number of hydrogen-bond acceptors (Lipinski definition) is 2. The van der Waals surface area contributed by atoms with E-state index in [9.17, 15) is 4.79 Å². The molecule has 4 heteroatoms. The van der Waals surface area contributed by atoms with Gasteiger partial charge in [-0.25, -0.2) is 4.98 Å². The van der Waals surface area contributed by atoms with E-state index in [0.717, 1.165) is 5.56 Å². The standard InChI is InChI=1S/C11H9ClN2O/c12-10-3-1-9(2-4-10)7-14-8-13-6-5-11(14)15/h1-6,8H,7H2. The molecule has 15 heavy (non-hydrogen) atoms. The third-order valence-corrected chi connectivity index (χ3v) is 2.31. The molecular weight excluding hydrogens is 212 g/mol. The van der Waals surface area contributed by atoms with Crippen molar-refractivity contribution < 1.29 is 0 Å². The fraction of sp³-hybridized carbons (Fsp3) is 0.0909. The van der Waals surface area contributed by atoms with Crippen LogP contribution in [-0.2, 0) is 6.54 Å². The Bertz CT molecular complexity index is 504. The van der Waals surface area contributed by atoms with Gasteiger partial charge in [-0.15, -0.1) is 0 Å². The first kappa shape index (κ1) is 9.93. The van der Waals surface area contributed by atoms with Crippen molar-refractivity contribution in [2.45, 2.75) is 6.54 Å². The minimum absolute atomic E-state index is 0.0556. The van der Waals surface area contributed by atoms with Crippen LogP contribution in [0.4, 0.5) is 0 Å². The molecule has 0 aliphatic rings. The lowest BCUT2D eigenvalue weighted by Gasteiger charge is -2.03. The van der Waals surface area contributed by atoms with Gasteiger partial charge in [0.2, 0.25) is 0 Å². The van der Waals surface area contributed by atoms with Crippen LogP contribution >= 0.6 is 11.6 Å². The first-order valence-corrected chi connectivity index (χ1v) is 4.88. The Kier molecular flexibility index (Phi) is 2.83. The lowest BCUT2D eigenvalue weighted by atomic mass is 10.2. The first-order valence-electron chi connectivity index (χ1n) is 4.50. The Morgan fingerprint density at radius 2 is 1.93 bits per heavy atom. The van der Waals surface area contributed by atoms with Crippen LogP contribution < -0.4 is 5.56 Å². The zero-order valence-electron chi connectivity index (χ0n) is 7.93. The molecule has 2 rings (SSSR count). The minimum Gasteiger partial charge on any atom is -0.295 e. The molecule has 1 heterocycles. The highest BCUT2D eigenvalue weighted by Gasteiger charge is 1.96. The summed E-state index contributed by atoms with van der Waals surface area (Å²) in [6.45, 7) is 0.518. The predicted molar refractivity (Wildman–Crippen MR) is 59.1 cm³/mol. The van der Waals surface area contributed by atoms with E-state index in [4.69, 9.17) is 11.6 Å². The predicted octanol–water partition coefficient (Wildman–Crippen LogP) is 1.95. The summed E-state index contributed by atoms with van der Waals surface area (Å²) in [4.78, 5) is 15.3. The highest BCUT2D eigenvalue weighted by Crippen LogP contribution is 2.09. The molecule has 0 fully saturated rings. The molecule has 76 valence electrons. The van der Waals surface area contributed by atoms with Crippen molar-refractivity contribution in [1.82, 2.24) is 9.55 Å². The third-order valence-electron chi connectivity index (χ3n) is 2.06. The molecule has 0 saturated heterocycles. The van der Waals surface area contributed by atoms with Gasteiger partial charge in [0.05, 0.1) is 12.9 Å². The average molecular weight is 221 g/mol. The summed E-state index contributed by atoms with van der Waals surface area (Å²) in [5, 5.41) is 0.692. The molecule has 0 N–H and O–H groups in total. The maximum Gasteiger partial charge on any atom is 0.253 e. The highest BCUT2D eigenvalue weighted by atomic mass is 35.5. The number of rotatable bonds is 2. The number of hydrogen-bond donors (Lipinski definition) is 0. The molecule has 0 unspecified atom stereocenters. The average Bonchev–Trinajstić information content (AvgIpc) is 2.25. The van der Waals surface area contributed by atoms with Crippen LogP contribution in [0, 0.1) is 0 Å². The Morgan fingerprint density at radius 1 is 1.20 bits per heavy atom. The maximum atomic E-state index is 11.4. The van der Waals surface area contributed by atoms with E-state index in [1.54, 1.807) is 16.7 Å². The molecule has 0 aliphatic heterocycles. The van der Waals surface area contributed by atoms with E-state index in [0.29, 0.717) is 11.6 Å². The van der Waals surface area contributed by atoms with Gasteiger partial charge >= 0.3 is 0 Å². The molecule has 0 radical (unpaired) electrons. The number of nitrogens with zero attached hydrogens (tertiary/aromatic N) is 2. The van der Waals surface area contributed by atoms with E-state index in [2.05, 4.69) is 4.98 Å². The van der Waals surface area contributed by atoms with E-state index in [1.165, 1.54) is 18.6 Å². The topological polar surface area (TPSA) is 34.9 Å². The fourth-order valence-corrected chi connectivity index (χ4v) is 1.41. The lowest BCUT2D eigenvalue weighted by Crippen LogP contribution is -2.19. The van der Waals surface area contributed by atoms with Crippen molar-refractivity contribution >= 4 is 11.6 Å². The fourth-order valence-electron chi connectivity index (χ4n) is 1.28. The summed E-state index contributed by atoms with van der Waals surface area (Å²) in [7, 11) is 0. The summed E-state index contributed by atoms with van der Waals surface area (Å²) in [5.74, 6) is 0. The lowest BCUT2D eigenvalue weighted by molar-refractivity contribution is 0.736. The zero-order valence-corrected chi connectivity index (χ0v) is 8.69.